The van der Waals surface area contributed by atoms with E-state index in [2.05, 4.69) is 13.8 Å². The molecule has 0 aromatic rings. The third kappa shape index (κ3) is 7.92. The molecule has 0 aliphatic heterocycles. The highest BCUT2D eigenvalue weighted by molar-refractivity contribution is 4.74. The van der Waals surface area contributed by atoms with Crippen molar-refractivity contribution in [2.75, 3.05) is 0 Å². The Morgan fingerprint density at radius 2 is 0.708 bits per heavy atom. The van der Waals surface area contributed by atoms with Gasteiger partial charge in [0.15, 0.2) is 0 Å². The van der Waals surface area contributed by atoms with E-state index in [0.717, 1.165) is 23.7 Å². The highest BCUT2D eigenvalue weighted by Gasteiger charge is 2.21. The Balaban J connectivity index is 1.40. The van der Waals surface area contributed by atoms with Crippen molar-refractivity contribution < 1.29 is 0 Å². The highest BCUT2D eigenvalue weighted by Crippen LogP contribution is 2.35. The molecule has 0 N–H and O–H groups in total. The zero-order chi connectivity index (χ0) is 17.0. The van der Waals surface area contributed by atoms with Gasteiger partial charge in [0.25, 0.3) is 0 Å². The number of hydrogen-bond acceptors (Lipinski definition) is 0. The third-order valence-corrected chi connectivity index (χ3v) is 7.30. The van der Waals surface area contributed by atoms with E-state index in [9.17, 15) is 0 Å². The molecule has 0 unspecified atom stereocenters. The van der Waals surface area contributed by atoms with Crippen LogP contribution in [0.5, 0.6) is 0 Å². The van der Waals surface area contributed by atoms with Crippen molar-refractivity contribution in [2.24, 2.45) is 23.7 Å². The molecule has 0 spiro atoms. The van der Waals surface area contributed by atoms with Crippen LogP contribution in [0.25, 0.3) is 0 Å². The Kier molecular flexibility index (Phi) is 10.5. The van der Waals surface area contributed by atoms with Crippen molar-refractivity contribution in [1.29, 1.82) is 0 Å². The number of unbranched alkanes of at least 4 members (excludes halogenated alkanes) is 3. The van der Waals surface area contributed by atoms with Gasteiger partial charge in [0.1, 0.15) is 0 Å². The van der Waals surface area contributed by atoms with E-state index in [1.54, 1.807) is 64.2 Å². The Labute approximate surface area is 153 Å². The molecule has 2 aliphatic carbocycles. The summed E-state index contributed by atoms with van der Waals surface area (Å²) in [5.41, 5.74) is 0. The van der Waals surface area contributed by atoms with E-state index < -0.39 is 0 Å². The van der Waals surface area contributed by atoms with Crippen LogP contribution in [0.1, 0.15) is 129 Å². The first-order valence-electron chi connectivity index (χ1n) is 11.8. The molecule has 0 aromatic carbocycles. The molecule has 0 atom stereocenters. The highest BCUT2D eigenvalue weighted by atomic mass is 14.3. The summed E-state index contributed by atoms with van der Waals surface area (Å²) in [6, 6.07) is 0. The first-order chi connectivity index (χ1) is 11.8. The van der Waals surface area contributed by atoms with Crippen molar-refractivity contribution in [1.82, 2.24) is 0 Å². The van der Waals surface area contributed by atoms with Crippen molar-refractivity contribution in [3.05, 3.63) is 0 Å². The van der Waals surface area contributed by atoms with Gasteiger partial charge in [-0.3, -0.25) is 0 Å². The summed E-state index contributed by atoms with van der Waals surface area (Å²) in [6.45, 7) is 4.70. The fourth-order valence-corrected chi connectivity index (χ4v) is 5.65. The lowest BCUT2D eigenvalue weighted by molar-refractivity contribution is 0.242. The molecule has 2 fully saturated rings. The predicted molar refractivity (Wildman–Crippen MR) is 108 cm³/mol. The summed E-state index contributed by atoms with van der Waals surface area (Å²) in [6.07, 6.45) is 27.3. The van der Waals surface area contributed by atoms with E-state index in [4.69, 9.17) is 0 Å². The van der Waals surface area contributed by atoms with Crippen molar-refractivity contribution in [2.45, 2.75) is 129 Å². The van der Waals surface area contributed by atoms with Gasteiger partial charge >= 0.3 is 0 Å². The lowest BCUT2D eigenvalue weighted by Crippen LogP contribution is -2.14. The predicted octanol–water partition coefficient (Wildman–Crippen LogP) is 8.54. The third-order valence-electron chi connectivity index (χ3n) is 7.30. The van der Waals surface area contributed by atoms with Gasteiger partial charge in [0.2, 0.25) is 0 Å². The van der Waals surface area contributed by atoms with Gasteiger partial charge in [0, 0.05) is 0 Å². The average Bonchev–Trinajstić information content (AvgIpc) is 2.61. The quantitative estimate of drug-likeness (QED) is 0.332. The molecular weight excluding hydrogens is 288 g/mol. The van der Waals surface area contributed by atoms with Crippen molar-refractivity contribution >= 4 is 0 Å². The van der Waals surface area contributed by atoms with E-state index in [1.165, 1.54) is 51.4 Å². The normalized spacial score (nSPS) is 31.2. The first-order valence-corrected chi connectivity index (χ1v) is 11.8. The monoisotopic (exact) mass is 334 g/mol. The van der Waals surface area contributed by atoms with Crippen LogP contribution < -0.4 is 0 Å². The maximum atomic E-state index is 2.35. The van der Waals surface area contributed by atoms with Crippen LogP contribution in [0, 0.1) is 23.7 Å². The molecule has 24 heavy (non-hydrogen) atoms. The van der Waals surface area contributed by atoms with Gasteiger partial charge in [-0.15, -0.1) is 0 Å². The van der Waals surface area contributed by atoms with Crippen LogP contribution >= 0.6 is 0 Å². The molecule has 0 radical (unpaired) electrons. The summed E-state index contributed by atoms with van der Waals surface area (Å²) in [5.74, 6) is 4.34. The molecule has 142 valence electrons. The van der Waals surface area contributed by atoms with E-state index in [1.807, 2.05) is 0 Å². The summed E-state index contributed by atoms with van der Waals surface area (Å²) < 4.78 is 0. The second-order valence-electron chi connectivity index (χ2n) is 9.34. The fourth-order valence-electron chi connectivity index (χ4n) is 5.65. The lowest BCUT2D eigenvalue weighted by Gasteiger charge is -2.28. The molecular formula is C24H46. The summed E-state index contributed by atoms with van der Waals surface area (Å²) in [5, 5.41) is 0. The maximum Gasteiger partial charge on any atom is -0.0414 e. The van der Waals surface area contributed by atoms with Gasteiger partial charge in [-0.1, -0.05) is 129 Å². The van der Waals surface area contributed by atoms with E-state index in [-0.39, 0.29) is 0 Å². The smallest absolute Gasteiger partial charge is 0.0414 e. The van der Waals surface area contributed by atoms with Crippen LogP contribution in [-0.2, 0) is 0 Å². The Morgan fingerprint density at radius 1 is 0.417 bits per heavy atom. The molecule has 2 aliphatic rings. The van der Waals surface area contributed by atoms with Gasteiger partial charge < -0.3 is 0 Å². The number of rotatable bonds is 11. The van der Waals surface area contributed by atoms with Crippen LogP contribution in [0.3, 0.4) is 0 Å². The minimum Gasteiger partial charge on any atom is -0.0654 e. The maximum absolute atomic E-state index is 2.35. The second kappa shape index (κ2) is 12.4. The summed E-state index contributed by atoms with van der Waals surface area (Å²) >= 11 is 0. The van der Waals surface area contributed by atoms with Crippen molar-refractivity contribution in [3.63, 3.8) is 0 Å². The van der Waals surface area contributed by atoms with Crippen LogP contribution in [-0.4, -0.2) is 0 Å². The van der Waals surface area contributed by atoms with Crippen LogP contribution in [0.2, 0.25) is 0 Å². The summed E-state index contributed by atoms with van der Waals surface area (Å²) in [4.78, 5) is 0. The average molecular weight is 335 g/mol. The molecule has 0 amide bonds. The minimum absolute atomic E-state index is 1.08. The van der Waals surface area contributed by atoms with Gasteiger partial charge in [0.05, 0.1) is 0 Å². The Hall–Kier alpha value is 0. The lowest BCUT2D eigenvalue weighted by atomic mass is 9.77. The second-order valence-corrected chi connectivity index (χ2v) is 9.34. The Bertz CT molecular complexity index is 248. The van der Waals surface area contributed by atoms with E-state index >= 15 is 0 Å². The van der Waals surface area contributed by atoms with Gasteiger partial charge in [-0.2, -0.15) is 0 Å². The van der Waals surface area contributed by atoms with Gasteiger partial charge in [-0.05, 0) is 23.7 Å². The number of hydrogen-bond donors (Lipinski definition) is 0. The standard InChI is InChI=1S/C24H46/c1-3-9-21-13-17-23(18-14-21)11-7-5-6-8-12-24-19-15-22(10-4-2)16-20-24/h21-24H,3-20H2,1-2H3/t21-,22-,23-,24-. The van der Waals surface area contributed by atoms with Gasteiger partial charge in [-0.25, -0.2) is 0 Å². The minimum atomic E-state index is 1.08. The molecule has 0 nitrogen and oxygen atoms in total. The van der Waals surface area contributed by atoms with Crippen molar-refractivity contribution in [3.8, 4) is 0 Å². The molecule has 0 heteroatoms. The zero-order valence-electron chi connectivity index (χ0n) is 17.0. The molecule has 0 heterocycles. The Morgan fingerprint density at radius 3 is 1.00 bits per heavy atom. The first kappa shape index (κ1) is 20.3. The SMILES string of the molecule is CCC[C@H]1CC[C@H](CCCCCC[C@H]2CC[C@H](CCC)CC2)CC1. The largest absolute Gasteiger partial charge is 0.0654 e. The molecule has 2 rings (SSSR count). The van der Waals surface area contributed by atoms with Crippen LogP contribution in [0.4, 0.5) is 0 Å². The summed E-state index contributed by atoms with van der Waals surface area (Å²) in [7, 11) is 0. The zero-order valence-corrected chi connectivity index (χ0v) is 17.0. The van der Waals surface area contributed by atoms with Crippen LogP contribution in [0.15, 0.2) is 0 Å². The molecule has 2 saturated carbocycles. The molecule has 0 saturated heterocycles. The molecule has 0 bridgehead atoms. The van der Waals surface area contributed by atoms with E-state index in [0.29, 0.717) is 0 Å². The topological polar surface area (TPSA) is 0 Å². The fraction of sp³-hybridized carbons (Fsp3) is 1.00. The molecule has 0 aromatic heterocycles.